The van der Waals surface area contributed by atoms with Gasteiger partial charge < -0.3 is 5.32 Å². The third-order valence-electron chi connectivity index (χ3n) is 3.99. The van der Waals surface area contributed by atoms with E-state index in [4.69, 9.17) is 0 Å². The van der Waals surface area contributed by atoms with Crippen molar-refractivity contribution in [2.75, 3.05) is 26.7 Å². The van der Waals surface area contributed by atoms with Crippen molar-refractivity contribution in [1.29, 1.82) is 0 Å². The van der Waals surface area contributed by atoms with Crippen molar-refractivity contribution in [2.45, 2.75) is 70.8 Å². The molecular weight excluding hydrogens is 208 g/mol. The molecule has 1 atom stereocenters. The fourth-order valence-corrected chi connectivity index (χ4v) is 2.92. The Morgan fingerprint density at radius 1 is 1.06 bits per heavy atom. The number of unbranched alkanes of at least 4 members (excludes halogenated alkanes) is 5. The van der Waals surface area contributed by atoms with Gasteiger partial charge in [0.25, 0.3) is 0 Å². The standard InChI is InChI=1S/C15H32N2/c1-3-4-5-6-7-9-12-17-13-10-8-11-15(17)14-16-2/h15-16H,3-14H2,1-2H3. The molecule has 1 aliphatic heterocycles. The number of nitrogens with one attached hydrogen (secondary N) is 1. The van der Waals surface area contributed by atoms with Crippen LogP contribution in [-0.4, -0.2) is 37.6 Å². The molecule has 1 unspecified atom stereocenters. The summed E-state index contributed by atoms with van der Waals surface area (Å²) in [5, 5.41) is 3.34. The van der Waals surface area contributed by atoms with Crippen molar-refractivity contribution in [3.63, 3.8) is 0 Å². The first kappa shape index (κ1) is 15.0. The zero-order chi connectivity index (χ0) is 12.3. The summed E-state index contributed by atoms with van der Waals surface area (Å²) in [5.74, 6) is 0. The van der Waals surface area contributed by atoms with Gasteiger partial charge in [0.15, 0.2) is 0 Å². The lowest BCUT2D eigenvalue weighted by Gasteiger charge is -2.35. The Kier molecular flexibility index (Phi) is 8.72. The Bertz CT molecular complexity index is 168. The Morgan fingerprint density at radius 3 is 2.59 bits per heavy atom. The summed E-state index contributed by atoms with van der Waals surface area (Å²) >= 11 is 0. The maximum Gasteiger partial charge on any atom is 0.0220 e. The number of nitrogens with zero attached hydrogens (tertiary/aromatic N) is 1. The van der Waals surface area contributed by atoms with Crippen molar-refractivity contribution in [1.82, 2.24) is 10.2 Å². The predicted molar refractivity (Wildman–Crippen MR) is 76.5 cm³/mol. The van der Waals surface area contributed by atoms with Gasteiger partial charge in [-0.05, 0) is 39.4 Å². The molecule has 1 aliphatic rings. The van der Waals surface area contributed by atoms with Crippen molar-refractivity contribution in [2.24, 2.45) is 0 Å². The van der Waals surface area contributed by atoms with Gasteiger partial charge in [-0.15, -0.1) is 0 Å². The van der Waals surface area contributed by atoms with Gasteiger partial charge in [0.2, 0.25) is 0 Å². The third-order valence-corrected chi connectivity index (χ3v) is 3.99. The van der Waals surface area contributed by atoms with E-state index in [1.165, 1.54) is 77.4 Å². The number of hydrogen-bond donors (Lipinski definition) is 1. The maximum absolute atomic E-state index is 3.34. The van der Waals surface area contributed by atoms with Crippen LogP contribution in [0.25, 0.3) is 0 Å². The van der Waals surface area contributed by atoms with Crippen LogP contribution < -0.4 is 5.32 Å². The SMILES string of the molecule is CCCCCCCCN1CCCCC1CNC. The molecule has 1 saturated heterocycles. The van der Waals surface area contributed by atoms with Crippen molar-refractivity contribution in [3.8, 4) is 0 Å². The second-order valence-electron chi connectivity index (χ2n) is 5.51. The fourth-order valence-electron chi connectivity index (χ4n) is 2.92. The lowest BCUT2D eigenvalue weighted by Crippen LogP contribution is -2.45. The van der Waals surface area contributed by atoms with Crippen LogP contribution in [0, 0.1) is 0 Å². The Hall–Kier alpha value is -0.0800. The van der Waals surface area contributed by atoms with E-state index in [1.807, 2.05) is 0 Å². The highest BCUT2D eigenvalue weighted by molar-refractivity contribution is 4.78. The first-order valence-electron chi connectivity index (χ1n) is 7.77. The molecular formula is C15H32N2. The smallest absolute Gasteiger partial charge is 0.0220 e. The minimum Gasteiger partial charge on any atom is -0.318 e. The van der Waals surface area contributed by atoms with Gasteiger partial charge in [0.05, 0.1) is 0 Å². The van der Waals surface area contributed by atoms with Crippen LogP contribution in [0.15, 0.2) is 0 Å². The number of piperidine rings is 1. The minimum atomic E-state index is 0.810. The molecule has 0 aromatic heterocycles. The summed E-state index contributed by atoms with van der Waals surface area (Å²) in [6.07, 6.45) is 12.7. The quantitative estimate of drug-likeness (QED) is 0.621. The van der Waals surface area contributed by atoms with Crippen LogP contribution in [0.1, 0.15) is 64.7 Å². The number of hydrogen-bond acceptors (Lipinski definition) is 2. The highest BCUT2D eigenvalue weighted by Gasteiger charge is 2.20. The van der Waals surface area contributed by atoms with Crippen LogP contribution in [0.4, 0.5) is 0 Å². The van der Waals surface area contributed by atoms with E-state index >= 15 is 0 Å². The largest absolute Gasteiger partial charge is 0.318 e. The van der Waals surface area contributed by atoms with Gasteiger partial charge >= 0.3 is 0 Å². The molecule has 2 nitrogen and oxygen atoms in total. The van der Waals surface area contributed by atoms with Gasteiger partial charge in [-0.3, -0.25) is 4.90 Å². The van der Waals surface area contributed by atoms with Crippen molar-refractivity contribution < 1.29 is 0 Å². The lowest BCUT2D eigenvalue weighted by molar-refractivity contribution is 0.144. The van der Waals surface area contributed by atoms with E-state index < -0.39 is 0 Å². The van der Waals surface area contributed by atoms with Crippen molar-refractivity contribution in [3.05, 3.63) is 0 Å². The Labute approximate surface area is 108 Å². The van der Waals surface area contributed by atoms with Gasteiger partial charge in [-0.2, -0.15) is 0 Å². The summed E-state index contributed by atoms with van der Waals surface area (Å²) in [6, 6.07) is 0.810. The van der Waals surface area contributed by atoms with Gasteiger partial charge in [-0.1, -0.05) is 45.4 Å². The second-order valence-corrected chi connectivity index (χ2v) is 5.51. The molecule has 0 spiro atoms. The van der Waals surface area contributed by atoms with Crippen molar-refractivity contribution >= 4 is 0 Å². The zero-order valence-corrected chi connectivity index (χ0v) is 12.0. The topological polar surface area (TPSA) is 15.3 Å². The number of likely N-dealkylation sites (tertiary alicyclic amines) is 1. The predicted octanol–water partition coefficient (Wildman–Crippen LogP) is 3.42. The summed E-state index contributed by atoms with van der Waals surface area (Å²) in [6.45, 7) is 6.13. The minimum absolute atomic E-state index is 0.810. The molecule has 0 radical (unpaired) electrons. The van der Waals surface area contributed by atoms with Crippen LogP contribution in [0.5, 0.6) is 0 Å². The van der Waals surface area contributed by atoms with E-state index in [2.05, 4.69) is 24.2 Å². The molecule has 1 fully saturated rings. The summed E-state index contributed by atoms with van der Waals surface area (Å²) < 4.78 is 0. The fraction of sp³-hybridized carbons (Fsp3) is 1.00. The molecule has 1 rings (SSSR count). The van der Waals surface area contributed by atoms with Crippen LogP contribution >= 0.6 is 0 Å². The van der Waals surface area contributed by atoms with E-state index in [-0.39, 0.29) is 0 Å². The summed E-state index contributed by atoms with van der Waals surface area (Å²) in [7, 11) is 2.08. The molecule has 0 aromatic carbocycles. The third kappa shape index (κ3) is 6.42. The Morgan fingerprint density at radius 2 is 1.82 bits per heavy atom. The molecule has 2 heteroatoms. The molecule has 0 bridgehead atoms. The van der Waals surface area contributed by atoms with Crippen LogP contribution in [0.2, 0.25) is 0 Å². The van der Waals surface area contributed by atoms with Gasteiger partial charge in [0, 0.05) is 12.6 Å². The zero-order valence-electron chi connectivity index (χ0n) is 12.0. The summed E-state index contributed by atoms with van der Waals surface area (Å²) in [5.41, 5.74) is 0. The number of likely N-dealkylation sites (N-methyl/N-ethyl adjacent to an activating group) is 1. The molecule has 102 valence electrons. The first-order valence-corrected chi connectivity index (χ1v) is 7.77. The first-order chi connectivity index (χ1) is 8.38. The normalized spacial score (nSPS) is 21.9. The highest BCUT2D eigenvalue weighted by Crippen LogP contribution is 2.17. The molecule has 1 N–H and O–H groups in total. The molecule has 0 aliphatic carbocycles. The van der Waals surface area contributed by atoms with Gasteiger partial charge in [0.1, 0.15) is 0 Å². The van der Waals surface area contributed by atoms with Crippen LogP contribution in [0.3, 0.4) is 0 Å². The molecule has 1 heterocycles. The Balaban J connectivity index is 2.06. The average molecular weight is 240 g/mol. The monoisotopic (exact) mass is 240 g/mol. The maximum atomic E-state index is 3.34. The highest BCUT2D eigenvalue weighted by atomic mass is 15.2. The molecule has 0 amide bonds. The van der Waals surface area contributed by atoms with E-state index in [0.717, 1.165) is 6.04 Å². The average Bonchev–Trinajstić information content (AvgIpc) is 2.36. The van der Waals surface area contributed by atoms with E-state index in [9.17, 15) is 0 Å². The van der Waals surface area contributed by atoms with Gasteiger partial charge in [-0.25, -0.2) is 0 Å². The second kappa shape index (κ2) is 9.90. The lowest BCUT2D eigenvalue weighted by atomic mass is 10.0. The molecule has 0 aromatic rings. The van der Waals surface area contributed by atoms with E-state index in [0.29, 0.717) is 0 Å². The summed E-state index contributed by atoms with van der Waals surface area (Å²) in [4.78, 5) is 2.72. The van der Waals surface area contributed by atoms with E-state index in [1.54, 1.807) is 0 Å². The molecule has 17 heavy (non-hydrogen) atoms. The van der Waals surface area contributed by atoms with Crippen LogP contribution in [-0.2, 0) is 0 Å². The molecule has 0 saturated carbocycles. The number of rotatable bonds is 9.